The fourth-order valence-electron chi connectivity index (χ4n) is 1.47. The number of hydrogen-bond acceptors (Lipinski definition) is 4. The summed E-state index contributed by atoms with van der Waals surface area (Å²) in [5.41, 5.74) is 6.02. The first kappa shape index (κ1) is 11.2. The van der Waals surface area contributed by atoms with Crippen molar-refractivity contribution in [3.05, 3.63) is 22.2 Å². The first-order chi connectivity index (χ1) is 7.61. The summed E-state index contributed by atoms with van der Waals surface area (Å²) < 4.78 is 11.3. The van der Waals surface area contributed by atoms with Gasteiger partial charge in [0.1, 0.15) is 19.3 Å². The molecule has 86 valence electrons. The fraction of sp³-hybridized carbons (Fsp3) is 0.300. The molecular formula is C10H10BrNO4. The van der Waals surface area contributed by atoms with Gasteiger partial charge in [-0.3, -0.25) is 4.79 Å². The van der Waals surface area contributed by atoms with E-state index in [-0.39, 0.29) is 0 Å². The maximum absolute atomic E-state index is 10.8. The molecule has 6 heteroatoms. The lowest BCUT2D eigenvalue weighted by atomic mass is 10.1. The topological polar surface area (TPSA) is 81.8 Å². The van der Waals surface area contributed by atoms with Gasteiger partial charge in [0.2, 0.25) is 0 Å². The number of carboxylic acids is 1. The first-order valence-corrected chi connectivity index (χ1v) is 5.47. The minimum absolute atomic E-state index is 0.442. The molecule has 0 spiro atoms. The molecule has 0 saturated heterocycles. The molecule has 0 fully saturated rings. The van der Waals surface area contributed by atoms with Gasteiger partial charge in [0.05, 0.1) is 4.47 Å². The van der Waals surface area contributed by atoms with Crippen LogP contribution in [0.15, 0.2) is 16.6 Å². The van der Waals surface area contributed by atoms with Crippen LogP contribution >= 0.6 is 15.9 Å². The van der Waals surface area contributed by atoms with Crippen LogP contribution in [0.25, 0.3) is 0 Å². The number of carbonyl (C=O) groups is 1. The highest BCUT2D eigenvalue weighted by Gasteiger charge is 2.23. The Balaban J connectivity index is 2.45. The van der Waals surface area contributed by atoms with Crippen molar-refractivity contribution >= 4 is 21.9 Å². The lowest BCUT2D eigenvalue weighted by molar-refractivity contribution is -0.138. The number of benzene rings is 1. The van der Waals surface area contributed by atoms with Crippen LogP contribution in [-0.4, -0.2) is 24.3 Å². The van der Waals surface area contributed by atoms with E-state index in [2.05, 4.69) is 15.9 Å². The van der Waals surface area contributed by atoms with Crippen molar-refractivity contribution in [2.24, 2.45) is 5.73 Å². The number of hydrogen-bond donors (Lipinski definition) is 2. The van der Waals surface area contributed by atoms with E-state index in [4.69, 9.17) is 20.3 Å². The Labute approximate surface area is 100 Å². The molecule has 5 nitrogen and oxygen atoms in total. The third-order valence-electron chi connectivity index (χ3n) is 2.28. The summed E-state index contributed by atoms with van der Waals surface area (Å²) in [6, 6.07) is 2.21. The quantitative estimate of drug-likeness (QED) is 0.857. The highest BCUT2D eigenvalue weighted by atomic mass is 79.9. The second-order valence-corrected chi connectivity index (χ2v) is 4.10. The number of ether oxygens (including phenoxy) is 2. The van der Waals surface area contributed by atoms with E-state index < -0.39 is 12.0 Å². The van der Waals surface area contributed by atoms with Crippen molar-refractivity contribution in [3.8, 4) is 11.5 Å². The van der Waals surface area contributed by atoms with Crippen molar-refractivity contribution in [1.29, 1.82) is 0 Å². The van der Waals surface area contributed by atoms with Crippen LogP contribution in [-0.2, 0) is 4.79 Å². The average Bonchev–Trinajstić information content (AvgIpc) is 2.29. The predicted octanol–water partition coefficient (Wildman–Crippen LogP) is 1.30. The lowest BCUT2D eigenvalue weighted by Gasteiger charge is -2.21. The molecule has 0 radical (unpaired) electrons. The van der Waals surface area contributed by atoms with E-state index in [0.29, 0.717) is 34.7 Å². The zero-order chi connectivity index (χ0) is 11.7. The molecule has 0 saturated carbocycles. The molecule has 1 aliphatic heterocycles. The Bertz CT molecular complexity index is 435. The maximum atomic E-state index is 10.8. The van der Waals surface area contributed by atoms with Gasteiger partial charge in [-0.15, -0.1) is 0 Å². The smallest absolute Gasteiger partial charge is 0.325 e. The van der Waals surface area contributed by atoms with E-state index in [1.165, 1.54) is 0 Å². The minimum atomic E-state index is -1.09. The molecule has 0 aliphatic carbocycles. The number of fused-ring (bicyclic) bond motifs is 1. The van der Waals surface area contributed by atoms with Crippen LogP contribution < -0.4 is 15.2 Å². The second-order valence-electron chi connectivity index (χ2n) is 3.31. The normalized spacial score (nSPS) is 15.6. The molecule has 16 heavy (non-hydrogen) atoms. The number of nitrogens with two attached hydrogens (primary N) is 1. The molecule has 0 aromatic heterocycles. The first-order valence-electron chi connectivity index (χ1n) is 4.67. The van der Waals surface area contributed by atoms with Crippen molar-refractivity contribution in [2.75, 3.05) is 13.2 Å². The fourth-order valence-corrected chi connectivity index (χ4v) is 2.16. The van der Waals surface area contributed by atoms with E-state index in [1.807, 2.05) is 0 Å². The molecule has 2 rings (SSSR count). The van der Waals surface area contributed by atoms with Gasteiger partial charge in [-0.05, 0) is 27.6 Å². The summed E-state index contributed by atoms with van der Waals surface area (Å²) >= 11 is 3.29. The van der Waals surface area contributed by atoms with Crippen LogP contribution in [0.4, 0.5) is 0 Å². The van der Waals surface area contributed by atoms with Crippen molar-refractivity contribution < 1.29 is 19.4 Å². The summed E-state index contributed by atoms with van der Waals surface area (Å²) in [5, 5.41) is 8.85. The summed E-state index contributed by atoms with van der Waals surface area (Å²) in [7, 11) is 0. The summed E-state index contributed by atoms with van der Waals surface area (Å²) in [4.78, 5) is 10.8. The largest absolute Gasteiger partial charge is 0.486 e. The predicted molar refractivity (Wildman–Crippen MR) is 59.7 cm³/mol. The molecule has 1 aromatic carbocycles. The third-order valence-corrected chi connectivity index (χ3v) is 3.10. The Hall–Kier alpha value is -1.27. The van der Waals surface area contributed by atoms with Gasteiger partial charge in [-0.2, -0.15) is 0 Å². The number of rotatable bonds is 2. The number of halogens is 1. The Morgan fingerprint density at radius 1 is 1.44 bits per heavy atom. The molecule has 0 bridgehead atoms. The molecular weight excluding hydrogens is 278 g/mol. The Morgan fingerprint density at radius 2 is 2.12 bits per heavy atom. The Morgan fingerprint density at radius 3 is 2.81 bits per heavy atom. The van der Waals surface area contributed by atoms with E-state index in [9.17, 15) is 4.79 Å². The van der Waals surface area contributed by atoms with Gasteiger partial charge in [0.15, 0.2) is 11.5 Å². The monoisotopic (exact) mass is 287 g/mol. The highest BCUT2D eigenvalue weighted by molar-refractivity contribution is 9.10. The van der Waals surface area contributed by atoms with Crippen LogP contribution in [0.1, 0.15) is 11.6 Å². The molecule has 1 unspecified atom stereocenters. The Kier molecular flexibility index (Phi) is 3.02. The van der Waals surface area contributed by atoms with Crippen LogP contribution in [0.3, 0.4) is 0 Å². The summed E-state index contributed by atoms with van der Waals surface area (Å²) in [6.45, 7) is 0.932. The van der Waals surface area contributed by atoms with E-state index in [1.54, 1.807) is 12.1 Å². The van der Waals surface area contributed by atoms with Gasteiger partial charge < -0.3 is 20.3 Å². The standard InChI is InChI=1S/C10H10BrNO4/c11-7-5(8(12)10(13)14)1-2-6-9(7)16-4-3-15-6/h1-2,8H,3-4,12H2,(H,13,14). The SMILES string of the molecule is NC(C(=O)O)c1ccc2c(c1Br)OCCO2. The molecule has 1 atom stereocenters. The van der Waals surface area contributed by atoms with E-state index >= 15 is 0 Å². The zero-order valence-corrected chi connectivity index (χ0v) is 9.86. The average molecular weight is 288 g/mol. The van der Waals surface area contributed by atoms with Crippen LogP contribution in [0, 0.1) is 0 Å². The summed E-state index contributed by atoms with van der Waals surface area (Å²) in [6.07, 6.45) is 0. The van der Waals surface area contributed by atoms with Crippen molar-refractivity contribution in [2.45, 2.75) is 6.04 Å². The van der Waals surface area contributed by atoms with Gasteiger partial charge in [0, 0.05) is 0 Å². The highest BCUT2D eigenvalue weighted by Crippen LogP contribution is 2.41. The molecule has 1 aliphatic rings. The van der Waals surface area contributed by atoms with Gasteiger partial charge in [-0.1, -0.05) is 6.07 Å². The molecule has 3 N–H and O–H groups in total. The molecule has 1 aromatic rings. The van der Waals surface area contributed by atoms with Crippen LogP contribution in [0.5, 0.6) is 11.5 Å². The van der Waals surface area contributed by atoms with Crippen molar-refractivity contribution in [1.82, 2.24) is 0 Å². The zero-order valence-electron chi connectivity index (χ0n) is 8.27. The number of carboxylic acid groups (broad SMARTS) is 1. The van der Waals surface area contributed by atoms with Gasteiger partial charge in [0.25, 0.3) is 0 Å². The second kappa shape index (κ2) is 4.31. The van der Waals surface area contributed by atoms with E-state index in [0.717, 1.165) is 0 Å². The number of aliphatic carboxylic acids is 1. The summed E-state index contributed by atoms with van der Waals surface area (Å²) in [5.74, 6) is 0.0253. The van der Waals surface area contributed by atoms with Gasteiger partial charge in [-0.25, -0.2) is 0 Å². The molecule has 1 heterocycles. The lowest BCUT2D eigenvalue weighted by Crippen LogP contribution is -2.22. The maximum Gasteiger partial charge on any atom is 0.325 e. The molecule has 0 amide bonds. The van der Waals surface area contributed by atoms with Gasteiger partial charge >= 0.3 is 5.97 Å². The third kappa shape index (κ3) is 1.85. The van der Waals surface area contributed by atoms with Crippen molar-refractivity contribution in [3.63, 3.8) is 0 Å². The minimum Gasteiger partial charge on any atom is -0.486 e. The van der Waals surface area contributed by atoms with Crippen LogP contribution in [0.2, 0.25) is 0 Å².